The van der Waals surface area contributed by atoms with E-state index in [-0.39, 0.29) is 28.1 Å². The van der Waals surface area contributed by atoms with Crippen LogP contribution in [0.5, 0.6) is 5.75 Å². The summed E-state index contributed by atoms with van der Waals surface area (Å²) in [5.41, 5.74) is 0.0961. The molecule has 0 spiro atoms. The van der Waals surface area contributed by atoms with Gasteiger partial charge in [-0.05, 0) is 72.6 Å². The van der Waals surface area contributed by atoms with Crippen molar-refractivity contribution in [2.75, 3.05) is 22.6 Å². The van der Waals surface area contributed by atoms with Crippen LogP contribution in [0.1, 0.15) is 25.8 Å². The highest BCUT2D eigenvalue weighted by atomic mass is 32.2. The predicted octanol–water partition coefficient (Wildman–Crippen LogP) is 6.69. The molecule has 1 aliphatic heterocycles. The number of hydrogen-bond donors (Lipinski definition) is 2. The zero-order valence-corrected chi connectivity index (χ0v) is 22.7. The second kappa shape index (κ2) is 11.9. The topological polar surface area (TPSA) is 87.7 Å². The van der Waals surface area contributed by atoms with Gasteiger partial charge in [-0.3, -0.25) is 14.4 Å². The van der Waals surface area contributed by atoms with Crippen molar-refractivity contribution in [3.05, 3.63) is 89.0 Å². The van der Waals surface area contributed by atoms with E-state index < -0.39 is 23.6 Å². The Labute approximate surface area is 233 Å². The summed E-state index contributed by atoms with van der Waals surface area (Å²) < 4.78 is 44.4. The van der Waals surface area contributed by atoms with E-state index in [1.165, 1.54) is 7.11 Å². The van der Waals surface area contributed by atoms with Crippen molar-refractivity contribution >= 4 is 46.5 Å². The number of carbonyl (C=O) groups is 3. The van der Waals surface area contributed by atoms with Crippen LogP contribution in [-0.2, 0) is 20.6 Å². The van der Waals surface area contributed by atoms with Crippen LogP contribution in [0.15, 0.2) is 88.3 Å². The number of benzene rings is 3. The molecule has 11 heteroatoms. The van der Waals surface area contributed by atoms with Gasteiger partial charge in [-0.25, -0.2) is 4.90 Å². The maximum Gasteiger partial charge on any atom is 0.416 e. The van der Waals surface area contributed by atoms with E-state index in [2.05, 4.69) is 10.6 Å². The third-order valence-corrected chi connectivity index (χ3v) is 6.86. The Morgan fingerprint density at radius 3 is 2.23 bits per heavy atom. The molecule has 0 radical (unpaired) electrons. The highest BCUT2D eigenvalue weighted by Crippen LogP contribution is 2.39. The van der Waals surface area contributed by atoms with Crippen molar-refractivity contribution in [3.63, 3.8) is 0 Å². The smallest absolute Gasteiger partial charge is 0.416 e. The fourth-order valence-corrected chi connectivity index (χ4v) is 4.89. The van der Waals surface area contributed by atoms with Crippen molar-refractivity contribution in [1.29, 1.82) is 0 Å². The summed E-state index contributed by atoms with van der Waals surface area (Å²) in [6.45, 7) is 3.86. The number of nitrogens with one attached hydrogen (secondary N) is 2. The standard InChI is InChI=1S/C29H26F3N3O4S/c1-17(2)15-24(36)33-20-5-4-6-23(16-20)40-26-25(34-19-9-13-22(39-3)14-10-19)27(37)35(28(26)38)21-11-7-18(8-12-21)29(30,31)32/h4-14,16-17,34H,15H2,1-3H3,(H,33,36). The molecule has 3 amide bonds. The van der Waals surface area contributed by atoms with Gasteiger partial charge in [-0.15, -0.1) is 0 Å². The third-order valence-electron chi connectivity index (χ3n) is 5.78. The molecule has 0 saturated heterocycles. The van der Waals surface area contributed by atoms with E-state index in [4.69, 9.17) is 4.74 Å². The molecule has 208 valence electrons. The zero-order chi connectivity index (χ0) is 29.0. The maximum atomic E-state index is 13.6. The van der Waals surface area contributed by atoms with Crippen LogP contribution in [0.3, 0.4) is 0 Å². The van der Waals surface area contributed by atoms with Gasteiger partial charge in [0, 0.05) is 22.7 Å². The Morgan fingerprint density at radius 1 is 0.950 bits per heavy atom. The number of hydrogen-bond acceptors (Lipinski definition) is 6. The molecule has 7 nitrogen and oxygen atoms in total. The van der Waals surface area contributed by atoms with Crippen molar-refractivity contribution in [1.82, 2.24) is 0 Å². The minimum absolute atomic E-state index is 0.00216. The average molecular weight is 570 g/mol. The number of imide groups is 1. The Kier molecular flexibility index (Phi) is 8.53. The van der Waals surface area contributed by atoms with Crippen molar-refractivity contribution in [3.8, 4) is 5.75 Å². The summed E-state index contributed by atoms with van der Waals surface area (Å²) in [4.78, 5) is 40.8. The van der Waals surface area contributed by atoms with Crippen LogP contribution in [0.4, 0.5) is 30.2 Å². The summed E-state index contributed by atoms with van der Waals surface area (Å²) >= 11 is 1.01. The van der Waals surface area contributed by atoms with Crippen molar-refractivity contribution in [2.45, 2.75) is 31.3 Å². The maximum absolute atomic E-state index is 13.6. The number of ether oxygens (including phenoxy) is 1. The summed E-state index contributed by atoms with van der Waals surface area (Å²) in [6.07, 6.45) is -4.22. The first kappa shape index (κ1) is 28.8. The molecule has 4 rings (SSSR count). The third kappa shape index (κ3) is 6.66. The lowest BCUT2D eigenvalue weighted by molar-refractivity contribution is -0.137. The van der Waals surface area contributed by atoms with E-state index in [0.29, 0.717) is 28.4 Å². The molecule has 1 aliphatic rings. The van der Waals surface area contributed by atoms with Crippen LogP contribution in [0.2, 0.25) is 0 Å². The predicted molar refractivity (Wildman–Crippen MR) is 148 cm³/mol. The molecule has 1 heterocycles. The molecule has 2 N–H and O–H groups in total. The molecule has 0 aromatic heterocycles. The Hall–Kier alpha value is -4.25. The molecule has 40 heavy (non-hydrogen) atoms. The van der Waals surface area contributed by atoms with Crippen LogP contribution in [-0.4, -0.2) is 24.8 Å². The number of halogens is 3. The zero-order valence-electron chi connectivity index (χ0n) is 21.8. The van der Waals surface area contributed by atoms with Crippen LogP contribution >= 0.6 is 11.8 Å². The second-order valence-corrected chi connectivity index (χ2v) is 10.4. The molecule has 3 aromatic carbocycles. The fourth-order valence-electron chi connectivity index (χ4n) is 3.91. The van der Waals surface area contributed by atoms with Crippen molar-refractivity contribution in [2.24, 2.45) is 5.92 Å². The molecule has 3 aromatic rings. The van der Waals surface area contributed by atoms with Gasteiger partial charge < -0.3 is 15.4 Å². The summed E-state index contributed by atoms with van der Waals surface area (Å²) in [5.74, 6) is -0.804. The van der Waals surface area contributed by atoms with E-state index in [9.17, 15) is 27.6 Å². The van der Waals surface area contributed by atoms with Gasteiger partial charge in [0.05, 0.1) is 18.4 Å². The average Bonchev–Trinajstić information content (AvgIpc) is 3.12. The van der Waals surface area contributed by atoms with Crippen LogP contribution < -0.4 is 20.3 Å². The summed E-state index contributed by atoms with van der Waals surface area (Å²) in [5, 5.41) is 5.81. The van der Waals surface area contributed by atoms with Gasteiger partial charge in [0.15, 0.2) is 0 Å². The van der Waals surface area contributed by atoms with Gasteiger partial charge >= 0.3 is 6.18 Å². The monoisotopic (exact) mass is 569 g/mol. The van der Waals surface area contributed by atoms with E-state index in [0.717, 1.165) is 40.9 Å². The highest BCUT2D eigenvalue weighted by Gasteiger charge is 2.41. The van der Waals surface area contributed by atoms with Gasteiger partial charge in [-0.2, -0.15) is 13.2 Å². The van der Waals surface area contributed by atoms with Crippen LogP contribution in [0, 0.1) is 5.92 Å². The number of thioether (sulfide) groups is 1. The molecule has 0 aliphatic carbocycles. The lowest BCUT2D eigenvalue weighted by Crippen LogP contribution is -2.32. The molecule has 0 unspecified atom stereocenters. The number of rotatable bonds is 9. The number of methoxy groups -OCH3 is 1. The molecular formula is C29H26F3N3O4S. The molecule has 0 bridgehead atoms. The van der Waals surface area contributed by atoms with Gasteiger partial charge in [0.2, 0.25) is 5.91 Å². The van der Waals surface area contributed by atoms with Gasteiger partial charge in [-0.1, -0.05) is 31.7 Å². The minimum atomic E-state index is -4.56. The number of nitrogens with zero attached hydrogens (tertiary/aromatic N) is 1. The quantitative estimate of drug-likeness (QED) is 0.279. The number of carbonyl (C=O) groups excluding carboxylic acids is 3. The minimum Gasteiger partial charge on any atom is -0.497 e. The highest BCUT2D eigenvalue weighted by molar-refractivity contribution is 8.04. The fraction of sp³-hybridized carbons (Fsp3) is 0.207. The second-order valence-electron chi connectivity index (χ2n) is 9.32. The molecule has 0 fully saturated rings. The number of anilines is 3. The van der Waals surface area contributed by atoms with Gasteiger partial charge in [0.25, 0.3) is 11.8 Å². The van der Waals surface area contributed by atoms with E-state index in [1.807, 2.05) is 13.8 Å². The number of amides is 3. The van der Waals surface area contributed by atoms with Crippen molar-refractivity contribution < 1.29 is 32.3 Å². The Bertz CT molecular complexity index is 1450. The normalized spacial score (nSPS) is 13.7. The van der Waals surface area contributed by atoms with E-state index in [1.54, 1.807) is 48.5 Å². The molecule has 0 atom stereocenters. The van der Waals surface area contributed by atoms with Gasteiger partial charge in [0.1, 0.15) is 16.4 Å². The first-order chi connectivity index (χ1) is 19.0. The lowest BCUT2D eigenvalue weighted by atomic mass is 10.1. The summed E-state index contributed by atoms with van der Waals surface area (Å²) in [7, 11) is 1.51. The Balaban J connectivity index is 1.67. The summed E-state index contributed by atoms with van der Waals surface area (Å²) in [6, 6.07) is 17.3. The largest absolute Gasteiger partial charge is 0.497 e. The first-order valence-corrected chi connectivity index (χ1v) is 13.1. The Morgan fingerprint density at radius 2 is 1.62 bits per heavy atom. The molecule has 0 saturated carbocycles. The first-order valence-electron chi connectivity index (χ1n) is 12.3. The van der Waals surface area contributed by atoms with Crippen LogP contribution in [0.25, 0.3) is 0 Å². The SMILES string of the molecule is COc1ccc(NC2=C(Sc3cccc(NC(=O)CC(C)C)c3)C(=O)N(c3ccc(C(F)(F)F)cc3)C2=O)cc1. The lowest BCUT2D eigenvalue weighted by Gasteiger charge is -2.16. The molecular weight excluding hydrogens is 543 g/mol. The number of alkyl halides is 3. The van der Waals surface area contributed by atoms with E-state index >= 15 is 0 Å².